The molecule has 0 atom stereocenters. The Hall–Kier alpha value is -2.40. The van der Waals surface area contributed by atoms with Crippen LogP contribution >= 0.6 is 11.6 Å². The van der Waals surface area contributed by atoms with Gasteiger partial charge in [-0.2, -0.15) is 0 Å². The molecular formula is C21H24ClNO4. The molecule has 1 fully saturated rings. The summed E-state index contributed by atoms with van der Waals surface area (Å²) in [6.07, 6.45) is 2.55. The first kappa shape index (κ1) is 19.4. The Morgan fingerprint density at radius 2 is 1.93 bits per heavy atom. The highest BCUT2D eigenvalue weighted by Gasteiger charge is 2.20. The standard InChI is InChI=1S/C21H24ClNO4/c1-13(2)26-17-8-15(21(24)25-3)9-18(11-17)27-20-7-6-16(10-19(20)22)23-12-14-4-5-14/h6-11,13-14,23H,4-5,12H2,1-3H3. The summed E-state index contributed by atoms with van der Waals surface area (Å²) >= 11 is 6.38. The highest BCUT2D eigenvalue weighted by Crippen LogP contribution is 2.35. The van der Waals surface area contributed by atoms with E-state index in [4.69, 9.17) is 25.8 Å². The van der Waals surface area contributed by atoms with Gasteiger partial charge in [0, 0.05) is 18.3 Å². The van der Waals surface area contributed by atoms with Gasteiger partial charge >= 0.3 is 5.97 Å². The number of nitrogens with one attached hydrogen (secondary N) is 1. The number of esters is 1. The number of anilines is 1. The molecule has 1 N–H and O–H groups in total. The van der Waals surface area contributed by atoms with E-state index in [0.717, 1.165) is 18.2 Å². The molecule has 0 aromatic heterocycles. The van der Waals surface area contributed by atoms with Gasteiger partial charge in [0.2, 0.25) is 0 Å². The van der Waals surface area contributed by atoms with E-state index < -0.39 is 5.97 Å². The predicted octanol–water partition coefficient (Wildman–Crippen LogP) is 5.53. The number of carbonyl (C=O) groups excluding carboxylic acids is 1. The van der Waals surface area contributed by atoms with Gasteiger partial charge in [0.15, 0.2) is 0 Å². The van der Waals surface area contributed by atoms with Crippen LogP contribution < -0.4 is 14.8 Å². The molecular weight excluding hydrogens is 366 g/mol. The summed E-state index contributed by atoms with van der Waals surface area (Å²) in [4.78, 5) is 11.9. The quantitative estimate of drug-likeness (QED) is 0.601. The van der Waals surface area contributed by atoms with Gasteiger partial charge in [-0.1, -0.05) is 11.6 Å². The van der Waals surface area contributed by atoms with Crippen molar-refractivity contribution in [1.82, 2.24) is 0 Å². The number of carbonyl (C=O) groups is 1. The second kappa shape index (κ2) is 8.53. The van der Waals surface area contributed by atoms with Crippen molar-refractivity contribution >= 4 is 23.3 Å². The normalized spacial score (nSPS) is 13.4. The number of methoxy groups -OCH3 is 1. The monoisotopic (exact) mass is 389 g/mol. The molecule has 0 bridgehead atoms. The van der Waals surface area contributed by atoms with Crippen molar-refractivity contribution in [3.63, 3.8) is 0 Å². The van der Waals surface area contributed by atoms with E-state index in [2.05, 4.69) is 5.32 Å². The smallest absolute Gasteiger partial charge is 0.338 e. The van der Waals surface area contributed by atoms with Gasteiger partial charge < -0.3 is 19.5 Å². The molecule has 0 unspecified atom stereocenters. The van der Waals surface area contributed by atoms with Gasteiger partial charge in [-0.3, -0.25) is 0 Å². The summed E-state index contributed by atoms with van der Waals surface area (Å²) in [5.74, 6) is 1.81. The first-order valence-corrected chi connectivity index (χ1v) is 9.43. The molecule has 0 amide bonds. The summed E-state index contributed by atoms with van der Waals surface area (Å²) in [5.41, 5.74) is 1.32. The van der Waals surface area contributed by atoms with Gasteiger partial charge in [0.1, 0.15) is 17.2 Å². The number of benzene rings is 2. The number of hydrogen-bond donors (Lipinski definition) is 1. The average Bonchev–Trinajstić information content (AvgIpc) is 3.45. The maximum Gasteiger partial charge on any atom is 0.338 e. The third kappa shape index (κ3) is 5.54. The summed E-state index contributed by atoms with van der Waals surface area (Å²) < 4.78 is 16.4. The first-order valence-electron chi connectivity index (χ1n) is 9.06. The molecule has 1 saturated carbocycles. The molecule has 5 nitrogen and oxygen atoms in total. The van der Waals surface area contributed by atoms with Crippen LogP contribution in [0, 0.1) is 5.92 Å². The highest BCUT2D eigenvalue weighted by atomic mass is 35.5. The lowest BCUT2D eigenvalue weighted by Gasteiger charge is -2.14. The van der Waals surface area contributed by atoms with E-state index in [0.29, 0.717) is 27.8 Å². The van der Waals surface area contributed by atoms with Gasteiger partial charge in [0.05, 0.1) is 23.8 Å². The van der Waals surface area contributed by atoms with Crippen LogP contribution in [0.25, 0.3) is 0 Å². The lowest BCUT2D eigenvalue weighted by Crippen LogP contribution is -2.08. The molecule has 2 aromatic carbocycles. The van der Waals surface area contributed by atoms with E-state index >= 15 is 0 Å². The van der Waals surface area contributed by atoms with Crippen LogP contribution in [-0.2, 0) is 4.74 Å². The molecule has 144 valence electrons. The largest absolute Gasteiger partial charge is 0.491 e. The van der Waals surface area contributed by atoms with Crippen LogP contribution in [0.5, 0.6) is 17.2 Å². The van der Waals surface area contributed by atoms with Crippen molar-refractivity contribution in [2.24, 2.45) is 5.92 Å². The zero-order valence-corrected chi connectivity index (χ0v) is 16.5. The van der Waals surface area contributed by atoms with Gasteiger partial charge in [-0.25, -0.2) is 4.79 Å². The molecule has 0 radical (unpaired) electrons. The van der Waals surface area contributed by atoms with Crippen LogP contribution in [0.1, 0.15) is 37.0 Å². The Morgan fingerprint density at radius 3 is 2.56 bits per heavy atom. The van der Waals surface area contributed by atoms with Crippen molar-refractivity contribution in [2.45, 2.75) is 32.8 Å². The molecule has 1 aliphatic carbocycles. The summed E-state index contributed by atoms with van der Waals surface area (Å²) in [7, 11) is 1.34. The van der Waals surface area contributed by atoms with E-state index in [1.54, 1.807) is 18.2 Å². The molecule has 27 heavy (non-hydrogen) atoms. The minimum absolute atomic E-state index is 0.0360. The van der Waals surface area contributed by atoms with E-state index in [1.165, 1.54) is 20.0 Å². The fourth-order valence-corrected chi connectivity index (χ4v) is 2.83. The maximum absolute atomic E-state index is 11.9. The fraction of sp³-hybridized carbons (Fsp3) is 0.381. The molecule has 6 heteroatoms. The van der Waals surface area contributed by atoms with Gasteiger partial charge in [-0.15, -0.1) is 0 Å². The second-order valence-electron chi connectivity index (χ2n) is 6.92. The second-order valence-corrected chi connectivity index (χ2v) is 7.33. The minimum atomic E-state index is -0.459. The van der Waals surface area contributed by atoms with Crippen molar-refractivity contribution < 1.29 is 19.0 Å². The summed E-state index contributed by atoms with van der Waals surface area (Å²) in [6, 6.07) is 10.5. The predicted molar refractivity (Wildman–Crippen MR) is 106 cm³/mol. The SMILES string of the molecule is COC(=O)c1cc(Oc2ccc(NCC3CC3)cc2Cl)cc(OC(C)C)c1. The Labute approximate surface area is 164 Å². The van der Waals surface area contributed by atoms with Crippen molar-refractivity contribution in [3.8, 4) is 17.2 Å². The highest BCUT2D eigenvalue weighted by molar-refractivity contribution is 6.32. The van der Waals surface area contributed by atoms with Crippen molar-refractivity contribution in [1.29, 1.82) is 0 Å². The summed E-state index contributed by atoms with van der Waals surface area (Å²) in [6.45, 7) is 4.79. The van der Waals surface area contributed by atoms with E-state index in [-0.39, 0.29) is 6.10 Å². The lowest BCUT2D eigenvalue weighted by atomic mass is 10.2. The molecule has 0 heterocycles. The van der Waals surface area contributed by atoms with Gasteiger partial charge in [0.25, 0.3) is 0 Å². The number of hydrogen-bond acceptors (Lipinski definition) is 5. The van der Waals surface area contributed by atoms with Crippen LogP contribution in [0.15, 0.2) is 36.4 Å². The first-order chi connectivity index (χ1) is 12.9. The molecule has 2 aromatic rings. The van der Waals surface area contributed by atoms with Gasteiger partial charge in [-0.05, 0) is 62.9 Å². The maximum atomic E-state index is 11.9. The third-order valence-electron chi connectivity index (χ3n) is 4.12. The van der Waals surface area contributed by atoms with Crippen LogP contribution in [-0.4, -0.2) is 25.7 Å². The Balaban J connectivity index is 1.79. The number of ether oxygens (including phenoxy) is 3. The average molecular weight is 390 g/mol. The molecule has 0 spiro atoms. The minimum Gasteiger partial charge on any atom is -0.491 e. The fourth-order valence-electron chi connectivity index (χ4n) is 2.61. The van der Waals surface area contributed by atoms with Crippen LogP contribution in [0.4, 0.5) is 5.69 Å². The van der Waals surface area contributed by atoms with E-state index in [1.807, 2.05) is 32.0 Å². The zero-order valence-electron chi connectivity index (χ0n) is 15.8. The molecule has 0 saturated heterocycles. The molecule has 1 aliphatic rings. The van der Waals surface area contributed by atoms with Crippen LogP contribution in [0.2, 0.25) is 5.02 Å². The number of halogens is 1. The number of rotatable bonds is 8. The summed E-state index contributed by atoms with van der Waals surface area (Å²) in [5, 5.41) is 3.87. The Kier molecular flexibility index (Phi) is 6.11. The zero-order chi connectivity index (χ0) is 19.4. The molecule has 0 aliphatic heterocycles. The van der Waals surface area contributed by atoms with Crippen molar-refractivity contribution in [2.75, 3.05) is 19.0 Å². The Morgan fingerprint density at radius 1 is 1.19 bits per heavy atom. The molecule has 3 rings (SSSR count). The van der Waals surface area contributed by atoms with Crippen LogP contribution in [0.3, 0.4) is 0 Å². The third-order valence-corrected chi connectivity index (χ3v) is 4.42. The van der Waals surface area contributed by atoms with Crippen molar-refractivity contribution in [3.05, 3.63) is 47.0 Å². The Bertz CT molecular complexity index is 818. The van der Waals surface area contributed by atoms with E-state index in [9.17, 15) is 4.79 Å². The lowest BCUT2D eigenvalue weighted by molar-refractivity contribution is 0.0599. The topological polar surface area (TPSA) is 56.8 Å².